The van der Waals surface area contributed by atoms with Gasteiger partial charge in [-0.2, -0.15) is 0 Å². The van der Waals surface area contributed by atoms with Crippen LogP contribution in [0.2, 0.25) is 0 Å². The number of aliphatic hydroxyl groups is 3. The van der Waals surface area contributed by atoms with Gasteiger partial charge in [0.05, 0.1) is 12.3 Å². The molecule has 10 heavy (non-hydrogen) atoms. The summed E-state index contributed by atoms with van der Waals surface area (Å²) in [5.74, 6) is -0.404. The van der Waals surface area contributed by atoms with Crippen LogP contribution in [0.15, 0.2) is 11.4 Å². The van der Waals surface area contributed by atoms with Crippen LogP contribution in [0.25, 0.3) is 0 Å². The molecule has 54 valence electrons. The quantitative estimate of drug-likeness (QED) is 0.395. The van der Waals surface area contributed by atoms with Gasteiger partial charge in [0.2, 0.25) is 0 Å². The van der Waals surface area contributed by atoms with E-state index in [1.807, 2.05) is 0 Å². The lowest BCUT2D eigenvalue weighted by molar-refractivity contribution is 0.00844. The molecule has 0 aliphatic carbocycles. The Hall–Kier alpha value is -0.675. The summed E-state index contributed by atoms with van der Waals surface area (Å²) in [5, 5.41) is 26.3. The minimum absolute atomic E-state index is 0.216. The maximum Gasteiger partial charge on any atom is 0.171 e. The van der Waals surface area contributed by atoms with E-state index in [2.05, 4.69) is 4.74 Å². The summed E-state index contributed by atoms with van der Waals surface area (Å²) < 4.78 is 4.64. The van der Waals surface area contributed by atoms with E-state index in [1.165, 1.54) is 0 Å². The third-order valence-electron chi connectivity index (χ3n) is 1.34. The molecule has 0 saturated heterocycles. The number of hydrogen-bond donors (Lipinski definition) is 3. The van der Waals surface area contributed by atoms with Crippen LogP contribution in [0.5, 0.6) is 0 Å². The van der Waals surface area contributed by atoms with E-state index in [0.29, 0.717) is 0 Å². The summed E-state index contributed by atoms with van der Waals surface area (Å²) >= 11 is 0. The van der Waals surface area contributed by atoms with Crippen LogP contribution in [0.1, 0.15) is 0 Å². The van der Waals surface area contributed by atoms with Crippen molar-refractivity contribution in [1.29, 1.82) is 0 Å². The van der Waals surface area contributed by atoms with E-state index < -0.39 is 18.0 Å². The zero-order valence-electron chi connectivity index (χ0n) is 5.19. The number of rotatable bonds is 1. The van der Waals surface area contributed by atoms with Crippen molar-refractivity contribution in [2.24, 2.45) is 0 Å². The zero-order valence-corrected chi connectivity index (χ0v) is 5.19. The molecule has 1 aliphatic heterocycles. The van der Waals surface area contributed by atoms with Crippen LogP contribution < -0.4 is 0 Å². The first kappa shape index (κ1) is 7.43. The summed E-state index contributed by atoms with van der Waals surface area (Å²) in [6, 6.07) is 0. The molecule has 0 amide bonds. The fourth-order valence-electron chi connectivity index (χ4n) is 0.747. The lowest BCUT2D eigenvalue weighted by atomic mass is 10.1. The Morgan fingerprint density at radius 2 is 2.20 bits per heavy atom. The molecule has 1 aliphatic rings. The zero-order chi connectivity index (χ0) is 7.72. The summed E-state index contributed by atoms with van der Waals surface area (Å²) in [6.07, 6.45) is -2.01. The monoisotopic (exact) mass is 142 g/mol. The van der Waals surface area contributed by atoms with Gasteiger partial charge in [0.1, 0.15) is 0 Å². The highest BCUT2D eigenvalue weighted by atomic mass is 16.5. The molecule has 5 heteroatoms. The van der Waals surface area contributed by atoms with E-state index in [9.17, 15) is 0 Å². The Bertz CT molecular complexity index is 167. The van der Waals surface area contributed by atoms with Crippen molar-refractivity contribution in [2.75, 3.05) is 6.61 Å². The highest BCUT2D eigenvalue weighted by molar-refractivity contribution is 6.20. The van der Waals surface area contributed by atoms with Crippen molar-refractivity contribution in [2.45, 2.75) is 12.2 Å². The Morgan fingerprint density at radius 1 is 1.60 bits per heavy atom. The lowest BCUT2D eigenvalue weighted by Gasteiger charge is -2.10. The second-order valence-corrected chi connectivity index (χ2v) is 2.03. The van der Waals surface area contributed by atoms with E-state index in [-0.39, 0.29) is 12.3 Å². The molecule has 0 saturated carbocycles. The highest BCUT2D eigenvalue weighted by Gasteiger charge is 2.32. The maximum atomic E-state index is 8.96. The van der Waals surface area contributed by atoms with E-state index in [4.69, 9.17) is 23.2 Å². The van der Waals surface area contributed by atoms with E-state index >= 15 is 0 Å². The summed E-state index contributed by atoms with van der Waals surface area (Å²) in [4.78, 5) is 0. The van der Waals surface area contributed by atoms with Crippen molar-refractivity contribution in [3.63, 3.8) is 0 Å². The van der Waals surface area contributed by atoms with Crippen LogP contribution in [0.4, 0.5) is 0 Å². The van der Waals surface area contributed by atoms with Gasteiger partial charge in [-0.05, 0) is 0 Å². The number of aliphatic hydroxyl groups excluding tert-OH is 3. The third kappa shape index (κ3) is 0.976. The third-order valence-corrected chi connectivity index (χ3v) is 1.34. The second-order valence-electron chi connectivity index (χ2n) is 2.03. The van der Waals surface area contributed by atoms with Gasteiger partial charge in [-0.25, -0.2) is 0 Å². The molecule has 0 aromatic rings. The Balaban J connectivity index is 2.67. The molecule has 2 atom stereocenters. The Kier molecular flexibility index (Phi) is 1.87. The van der Waals surface area contributed by atoms with Gasteiger partial charge in [0.25, 0.3) is 0 Å². The van der Waals surface area contributed by atoms with Crippen molar-refractivity contribution in [1.82, 2.24) is 0 Å². The minimum Gasteiger partial charge on any atom is -0.507 e. The van der Waals surface area contributed by atoms with Crippen molar-refractivity contribution >= 4 is 7.85 Å². The van der Waals surface area contributed by atoms with E-state index in [1.54, 1.807) is 0 Å². The SMILES string of the molecule is [B]C1=C(O)C(O)[C@@H](CO)O1. The molecular weight excluding hydrogens is 135 g/mol. The molecule has 3 N–H and O–H groups in total. The first-order chi connectivity index (χ1) is 4.66. The average molecular weight is 142 g/mol. The fraction of sp³-hybridized carbons (Fsp3) is 0.600. The predicted molar refractivity (Wildman–Crippen MR) is 33.4 cm³/mol. The number of ether oxygens (including phenoxy) is 1. The van der Waals surface area contributed by atoms with Crippen molar-refractivity contribution in [3.8, 4) is 0 Å². The van der Waals surface area contributed by atoms with Crippen molar-refractivity contribution < 1.29 is 20.1 Å². The molecule has 1 heterocycles. The molecule has 0 fully saturated rings. The Morgan fingerprint density at radius 3 is 2.40 bits per heavy atom. The molecule has 0 aromatic heterocycles. The van der Waals surface area contributed by atoms with Crippen molar-refractivity contribution in [3.05, 3.63) is 11.4 Å². The molecule has 0 spiro atoms. The first-order valence-corrected chi connectivity index (χ1v) is 2.81. The summed E-state index contributed by atoms with van der Waals surface area (Å²) in [7, 11) is 5.07. The average Bonchev–Trinajstić information content (AvgIpc) is 2.17. The van der Waals surface area contributed by atoms with Crippen LogP contribution in [-0.2, 0) is 4.74 Å². The van der Waals surface area contributed by atoms with Gasteiger partial charge in [-0.15, -0.1) is 0 Å². The molecule has 4 nitrogen and oxygen atoms in total. The molecule has 1 unspecified atom stereocenters. The molecule has 1 rings (SSSR count). The smallest absolute Gasteiger partial charge is 0.171 e. The van der Waals surface area contributed by atoms with Gasteiger partial charge in [-0.1, -0.05) is 0 Å². The van der Waals surface area contributed by atoms with Gasteiger partial charge in [0, 0.05) is 0 Å². The summed E-state index contributed by atoms with van der Waals surface area (Å²) in [5.41, 5.74) is -0.216. The summed E-state index contributed by atoms with van der Waals surface area (Å²) in [6.45, 7) is -0.369. The minimum atomic E-state index is -1.19. The van der Waals surface area contributed by atoms with Gasteiger partial charge in [-0.3, -0.25) is 0 Å². The Labute approximate surface area is 59.2 Å². The fourth-order valence-corrected chi connectivity index (χ4v) is 0.747. The topological polar surface area (TPSA) is 69.9 Å². The second kappa shape index (κ2) is 2.52. The van der Waals surface area contributed by atoms with Gasteiger partial charge < -0.3 is 20.1 Å². The van der Waals surface area contributed by atoms with Crippen LogP contribution in [-0.4, -0.2) is 42.0 Å². The van der Waals surface area contributed by atoms with Gasteiger partial charge in [0.15, 0.2) is 25.8 Å². The van der Waals surface area contributed by atoms with Gasteiger partial charge >= 0.3 is 0 Å². The predicted octanol–water partition coefficient (Wildman–Crippen LogP) is -1.37. The van der Waals surface area contributed by atoms with Crippen LogP contribution in [0, 0.1) is 0 Å². The van der Waals surface area contributed by atoms with Crippen LogP contribution >= 0.6 is 0 Å². The molecule has 0 bridgehead atoms. The van der Waals surface area contributed by atoms with E-state index in [0.717, 1.165) is 0 Å². The normalized spacial score (nSPS) is 32.6. The number of hydrogen-bond acceptors (Lipinski definition) is 4. The lowest BCUT2D eigenvalue weighted by Crippen LogP contribution is -2.27. The highest BCUT2D eigenvalue weighted by Crippen LogP contribution is 2.20. The molecular formula is C5H7BO4. The largest absolute Gasteiger partial charge is 0.507 e. The molecule has 0 aromatic carbocycles. The van der Waals surface area contributed by atoms with Crippen LogP contribution in [0.3, 0.4) is 0 Å². The first-order valence-electron chi connectivity index (χ1n) is 2.81. The standard InChI is InChI=1S/C5H7BO4/c6-5-4(9)3(8)2(1-7)10-5/h2-3,7-9H,1H2/t2-,3?/m1/s1. The maximum absolute atomic E-state index is 8.96. The molecule has 2 radical (unpaired) electrons.